The fourth-order valence-corrected chi connectivity index (χ4v) is 3.31. The third-order valence-electron chi connectivity index (χ3n) is 4.70. The predicted molar refractivity (Wildman–Crippen MR) is 79.3 cm³/mol. The second kappa shape index (κ2) is 7.28. The highest BCUT2D eigenvalue weighted by atomic mass is 16.4. The summed E-state index contributed by atoms with van der Waals surface area (Å²) >= 11 is 0. The number of carboxylic acid groups (broad SMARTS) is 1. The van der Waals surface area contributed by atoms with Crippen LogP contribution in [0, 0.1) is 17.3 Å². The van der Waals surface area contributed by atoms with Crippen molar-refractivity contribution in [3.63, 3.8) is 0 Å². The largest absolute Gasteiger partial charge is 0.481 e. The molecule has 0 aliphatic carbocycles. The number of aliphatic carboxylic acids is 1. The fourth-order valence-electron chi connectivity index (χ4n) is 3.31. The maximum atomic E-state index is 11.5. The van der Waals surface area contributed by atoms with Crippen molar-refractivity contribution in [3.8, 4) is 0 Å². The zero-order valence-electron chi connectivity index (χ0n) is 13.1. The first kappa shape index (κ1) is 16.5. The Morgan fingerprint density at radius 2 is 2.05 bits per heavy atom. The van der Waals surface area contributed by atoms with Crippen LogP contribution in [-0.4, -0.2) is 35.6 Å². The van der Waals surface area contributed by atoms with Gasteiger partial charge >= 0.3 is 5.97 Å². The second-order valence-electron chi connectivity index (χ2n) is 6.83. The number of nitrogens with zero attached hydrogens (tertiary/aromatic N) is 1. The van der Waals surface area contributed by atoms with Gasteiger partial charge in [-0.05, 0) is 57.5 Å². The topological polar surface area (TPSA) is 40.5 Å². The molecule has 0 aromatic rings. The summed E-state index contributed by atoms with van der Waals surface area (Å²) in [6, 6.07) is 0. The van der Waals surface area contributed by atoms with Gasteiger partial charge in [-0.2, -0.15) is 0 Å². The molecule has 1 fully saturated rings. The summed E-state index contributed by atoms with van der Waals surface area (Å²) in [6.07, 6.45) is 5.44. The van der Waals surface area contributed by atoms with Crippen LogP contribution in [0.15, 0.2) is 0 Å². The Labute approximate surface area is 118 Å². The van der Waals surface area contributed by atoms with Crippen molar-refractivity contribution < 1.29 is 9.90 Å². The quantitative estimate of drug-likeness (QED) is 0.800. The Bertz CT molecular complexity index is 290. The number of carboxylic acids is 1. The van der Waals surface area contributed by atoms with Crippen molar-refractivity contribution in [2.24, 2.45) is 17.3 Å². The van der Waals surface area contributed by atoms with E-state index in [2.05, 4.69) is 25.7 Å². The number of rotatable bonds is 6. The van der Waals surface area contributed by atoms with Gasteiger partial charge in [0.2, 0.25) is 0 Å². The van der Waals surface area contributed by atoms with Gasteiger partial charge in [0.1, 0.15) is 0 Å². The van der Waals surface area contributed by atoms with Gasteiger partial charge in [-0.3, -0.25) is 4.79 Å². The van der Waals surface area contributed by atoms with E-state index in [1.54, 1.807) is 0 Å². The summed E-state index contributed by atoms with van der Waals surface area (Å²) in [5, 5.41) is 9.48. The molecular weight excluding hydrogens is 238 g/mol. The third kappa shape index (κ3) is 4.79. The molecule has 2 atom stereocenters. The minimum Gasteiger partial charge on any atom is -0.481 e. The normalized spacial score (nSPS) is 25.0. The molecule has 3 heteroatoms. The average molecular weight is 269 g/mol. The van der Waals surface area contributed by atoms with Crippen molar-refractivity contribution in [3.05, 3.63) is 0 Å². The van der Waals surface area contributed by atoms with E-state index < -0.39 is 11.4 Å². The summed E-state index contributed by atoms with van der Waals surface area (Å²) in [6.45, 7) is 11.4. The smallest absolute Gasteiger partial charge is 0.310 e. The first-order valence-corrected chi connectivity index (χ1v) is 7.85. The lowest BCUT2D eigenvalue weighted by Crippen LogP contribution is -2.41. The van der Waals surface area contributed by atoms with Crippen molar-refractivity contribution in [1.82, 2.24) is 4.90 Å². The van der Waals surface area contributed by atoms with E-state index in [9.17, 15) is 9.90 Å². The van der Waals surface area contributed by atoms with Crippen LogP contribution in [-0.2, 0) is 4.79 Å². The maximum Gasteiger partial charge on any atom is 0.310 e. The molecule has 0 aromatic carbocycles. The van der Waals surface area contributed by atoms with Crippen LogP contribution in [0.5, 0.6) is 0 Å². The number of hydrogen-bond acceptors (Lipinski definition) is 2. The highest BCUT2D eigenvalue weighted by Gasteiger charge is 2.34. The molecule has 0 radical (unpaired) electrons. The van der Waals surface area contributed by atoms with Crippen molar-refractivity contribution in [1.29, 1.82) is 0 Å². The minimum atomic E-state index is -0.640. The van der Waals surface area contributed by atoms with E-state index in [-0.39, 0.29) is 0 Å². The maximum absolute atomic E-state index is 11.5. The molecular formula is C16H31NO2. The molecule has 0 amide bonds. The van der Waals surface area contributed by atoms with E-state index >= 15 is 0 Å². The molecule has 2 unspecified atom stereocenters. The molecule has 112 valence electrons. The van der Waals surface area contributed by atoms with Crippen LogP contribution in [0.25, 0.3) is 0 Å². The number of hydrogen-bond donors (Lipinski definition) is 1. The lowest BCUT2D eigenvalue weighted by atomic mass is 9.85. The van der Waals surface area contributed by atoms with Crippen LogP contribution < -0.4 is 0 Å². The molecule has 0 bridgehead atoms. The molecule has 19 heavy (non-hydrogen) atoms. The summed E-state index contributed by atoms with van der Waals surface area (Å²) in [5.41, 5.74) is -0.577. The lowest BCUT2D eigenvalue weighted by molar-refractivity contribution is -0.149. The van der Waals surface area contributed by atoms with Crippen LogP contribution in [0.4, 0.5) is 0 Å². The fraction of sp³-hybridized carbons (Fsp3) is 0.938. The first-order valence-electron chi connectivity index (χ1n) is 7.85. The van der Waals surface area contributed by atoms with Gasteiger partial charge < -0.3 is 10.0 Å². The summed E-state index contributed by atoms with van der Waals surface area (Å²) < 4.78 is 0. The summed E-state index contributed by atoms with van der Waals surface area (Å²) in [4.78, 5) is 13.9. The zero-order chi connectivity index (χ0) is 14.5. The third-order valence-corrected chi connectivity index (χ3v) is 4.70. The van der Waals surface area contributed by atoms with Gasteiger partial charge in [0.25, 0.3) is 0 Å². The van der Waals surface area contributed by atoms with E-state index in [1.165, 1.54) is 19.3 Å². The van der Waals surface area contributed by atoms with Crippen LogP contribution in [0.1, 0.15) is 59.8 Å². The van der Waals surface area contributed by atoms with E-state index in [1.807, 2.05) is 6.92 Å². The number of likely N-dealkylation sites (tertiary alicyclic amines) is 1. The monoisotopic (exact) mass is 269 g/mol. The summed E-state index contributed by atoms with van der Waals surface area (Å²) in [5.74, 6) is 0.924. The molecule has 1 aliphatic rings. The molecule has 0 spiro atoms. The second-order valence-corrected chi connectivity index (χ2v) is 6.83. The Morgan fingerprint density at radius 1 is 1.37 bits per heavy atom. The molecule has 1 rings (SSSR count). The molecule has 0 aromatic heterocycles. The molecule has 1 aliphatic heterocycles. The van der Waals surface area contributed by atoms with Crippen LogP contribution in [0.3, 0.4) is 0 Å². The Kier molecular flexibility index (Phi) is 6.31. The zero-order valence-corrected chi connectivity index (χ0v) is 13.1. The van der Waals surface area contributed by atoms with Crippen molar-refractivity contribution >= 4 is 5.97 Å². The van der Waals surface area contributed by atoms with Gasteiger partial charge in [0, 0.05) is 6.54 Å². The highest BCUT2D eigenvalue weighted by Crippen LogP contribution is 2.29. The van der Waals surface area contributed by atoms with Crippen molar-refractivity contribution in [2.75, 3.05) is 19.6 Å². The summed E-state index contributed by atoms with van der Waals surface area (Å²) in [7, 11) is 0. The predicted octanol–water partition coefficient (Wildman–Crippen LogP) is 3.64. The Morgan fingerprint density at radius 3 is 2.58 bits per heavy atom. The molecule has 1 heterocycles. The molecule has 3 nitrogen and oxygen atoms in total. The number of carbonyl (C=O) groups is 1. The lowest BCUT2D eigenvalue weighted by Gasteiger charge is -2.31. The first-order chi connectivity index (χ1) is 8.89. The SMILES string of the molecule is CCCC(C)(CN1CCCC(C(C)C)CC1)C(=O)O. The standard InChI is InChI=1S/C16H31NO2/c1-5-9-16(4,15(18)19)12-17-10-6-7-14(8-11-17)13(2)3/h13-14H,5-12H2,1-4H3,(H,18,19). The molecule has 0 saturated carbocycles. The average Bonchev–Trinajstić information content (AvgIpc) is 2.54. The van der Waals surface area contributed by atoms with Crippen LogP contribution >= 0.6 is 0 Å². The van der Waals surface area contributed by atoms with E-state index in [0.717, 1.165) is 37.8 Å². The van der Waals surface area contributed by atoms with E-state index in [4.69, 9.17) is 0 Å². The Balaban J connectivity index is 2.58. The minimum absolute atomic E-state index is 0.577. The van der Waals surface area contributed by atoms with Gasteiger partial charge in [-0.15, -0.1) is 0 Å². The van der Waals surface area contributed by atoms with Gasteiger partial charge in [-0.25, -0.2) is 0 Å². The van der Waals surface area contributed by atoms with Crippen molar-refractivity contribution in [2.45, 2.75) is 59.8 Å². The van der Waals surface area contributed by atoms with Gasteiger partial charge in [-0.1, -0.05) is 27.2 Å². The van der Waals surface area contributed by atoms with Gasteiger partial charge in [0.15, 0.2) is 0 Å². The van der Waals surface area contributed by atoms with Gasteiger partial charge in [0.05, 0.1) is 5.41 Å². The molecule has 1 N–H and O–H groups in total. The highest BCUT2D eigenvalue weighted by molar-refractivity contribution is 5.74. The molecule has 1 saturated heterocycles. The van der Waals surface area contributed by atoms with Crippen LogP contribution in [0.2, 0.25) is 0 Å². The van der Waals surface area contributed by atoms with E-state index in [0.29, 0.717) is 6.54 Å². The Hall–Kier alpha value is -0.570.